The standard InChI is InChI=1S/C13H15N3O2/c1-17-11-5-3-2-4-10(11)13-15-12(16-18-13)8-14-9-6-7-9/h2-5,9,14H,6-8H2,1H3. The van der Waals surface area contributed by atoms with Crippen LogP contribution in [-0.2, 0) is 6.54 Å². The summed E-state index contributed by atoms with van der Waals surface area (Å²) in [7, 11) is 1.63. The Morgan fingerprint density at radius 3 is 3.00 bits per heavy atom. The lowest BCUT2D eigenvalue weighted by atomic mass is 10.2. The van der Waals surface area contributed by atoms with Crippen molar-refractivity contribution in [3.8, 4) is 17.2 Å². The van der Waals surface area contributed by atoms with E-state index in [-0.39, 0.29) is 0 Å². The van der Waals surface area contributed by atoms with Gasteiger partial charge in [0.1, 0.15) is 5.75 Å². The van der Waals surface area contributed by atoms with Crippen LogP contribution in [-0.4, -0.2) is 23.3 Å². The fraction of sp³-hybridized carbons (Fsp3) is 0.385. The van der Waals surface area contributed by atoms with E-state index in [1.165, 1.54) is 12.8 Å². The van der Waals surface area contributed by atoms with Crippen LogP contribution in [0.3, 0.4) is 0 Å². The summed E-state index contributed by atoms with van der Waals surface area (Å²) in [6, 6.07) is 8.25. The highest BCUT2D eigenvalue weighted by molar-refractivity contribution is 5.62. The maximum atomic E-state index is 5.27. The first-order chi connectivity index (χ1) is 8.86. The van der Waals surface area contributed by atoms with Gasteiger partial charge in [0.15, 0.2) is 5.82 Å². The number of hydrogen-bond donors (Lipinski definition) is 1. The van der Waals surface area contributed by atoms with Crippen molar-refractivity contribution in [1.29, 1.82) is 0 Å². The first-order valence-electron chi connectivity index (χ1n) is 6.06. The number of para-hydroxylation sites is 1. The van der Waals surface area contributed by atoms with Crippen molar-refractivity contribution in [3.05, 3.63) is 30.1 Å². The van der Waals surface area contributed by atoms with Crippen molar-refractivity contribution < 1.29 is 9.26 Å². The Morgan fingerprint density at radius 2 is 2.22 bits per heavy atom. The van der Waals surface area contributed by atoms with Crippen molar-refractivity contribution >= 4 is 0 Å². The van der Waals surface area contributed by atoms with Gasteiger partial charge in [0.2, 0.25) is 0 Å². The van der Waals surface area contributed by atoms with Crippen molar-refractivity contribution in [2.45, 2.75) is 25.4 Å². The molecule has 1 aliphatic carbocycles. The van der Waals surface area contributed by atoms with E-state index >= 15 is 0 Å². The third kappa shape index (κ3) is 2.36. The summed E-state index contributed by atoms with van der Waals surface area (Å²) in [4.78, 5) is 4.37. The zero-order chi connectivity index (χ0) is 12.4. The third-order valence-electron chi connectivity index (χ3n) is 2.93. The number of hydrogen-bond acceptors (Lipinski definition) is 5. The Hall–Kier alpha value is -1.88. The minimum Gasteiger partial charge on any atom is -0.496 e. The van der Waals surface area contributed by atoms with Gasteiger partial charge in [-0.2, -0.15) is 4.98 Å². The van der Waals surface area contributed by atoms with Crippen molar-refractivity contribution in [2.75, 3.05) is 7.11 Å². The molecular weight excluding hydrogens is 230 g/mol. The molecule has 2 aromatic rings. The molecule has 0 radical (unpaired) electrons. The van der Waals surface area contributed by atoms with Crippen molar-refractivity contribution in [3.63, 3.8) is 0 Å². The summed E-state index contributed by atoms with van der Waals surface area (Å²) in [6.45, 7) is 0.656. The topological polar surface area (TPSA) is 60.2 Å². The van der Waals surface area contributed by atoms with E-state index in [4.69, 9.17) is 9.26 Å². The zero-order valence-corrected chi connectivity index (χ0v) is 10.2. The number of benzene rings is 1. The molecule has 0 atom stereocenters. The Bertz CT molecular complexity index is 535. The van der Waals surface area contributed by atoms with Crippen molar-refractivity contribution in [1.82, 2.24) is 15.5 Å². The molecule has 1 aromatic carbocycles. The van der Waals surface area contributed by atoms with Crippen LogP contribution in [0.2, 0.25) is 0 Å². The van der Waals surface area contributed by atoms with E-state index < -0.39 is 0 Å². The monoisotopic (exact) mass is 245 g/mol. The molecule has 0 amide bonds. The largest absolute Gasteiger partial charge is 0.496 e. The van der Waals surface area contributed by atoms with Gasteiger partial charge in [0, 0.05) is 6.04 Å². The fourth-order valence-electron chi connectivity index (χ4n) is 1.78. The summed E-state index contributed by atoms with van der Waals surface area (Å²) in [6.07, 6.45) is 2.49. The molecule has 1 N–H and O–H groups in total. The van der Waals surface area contributed by atoms with E-state index in [9.17, 15) is 0 Å². The molecule has 0 unspecified atom stereocenters. The lowest BCUT2D eigenvalue weighted by molar-refractivity contribution is 0.401. The van der Waals surface area contributed by atoms with Gasteiger partial charge in [0.25, 0.3) is 5.89 Å². The smallest absolute Gasteiger partial charge is 0.261 e. The number of nitrogens with zero attached hydrogens (tertiary/aromatic N) is 2. The maximum absolute atomic E-state index is 5.27. The van der Waals surface area contributed by atoms with Crippen LogP contribution in [0.1, 0.15) is 18.7 Å². The molecule has 1 saturated carbocycles. The fourth-order valence-corrected chi connectivity index (χ4v) is 1.78. The minimum absolute atomic E-state index is 0.500. The van der Waals surface area contributed by atoms with Crippen LogP contribution >= 0.6 is 0 Å². The van der Waals surface area contributed by atoms with Crippen LogP contribution in [0.4, 0.5) is 0 Å². The molecular formula is C13H15N3O2. The van der Waals surface area contributed by atoms with Gasteiger partial charge < -0.3 is 14.6 Å². The molecule has 1 aromatic heterocycles. The zero-order valence-electron chi connectivity index (χ0n) is 10.2. The first kappa shape index (κ1) is 11.2. The average Bonchev–Trinajstić information content (AvgIpc) is 3.13. The van der Waals surface area contributed by atoms with Crippen LogP contribution in [0, 0.1) is 0 Å². The van der Waals surface area contributed by atoms with Gasteiger partial charge in [-0.3, -0.25) is 0 Å². The molecule has 1 fully saturated rings. The Balaban J connectivity index is 1.78. The molecule has 0 aliphatic heterocycles. The molecule has 5 nitrogen and oxygen atoms in total. The highest BCUT2D eigenvalue weighted by Crippen LogP contribution is 2.28. The lowest BCUT2D eigenvalue weighted by Crippen LogP contribution is -2.16. The first-order valence-corrected chi connectivity index (χ1v) is 6.06. The second-order valence-corrected chi connectivity index (χ2v) is 4.37. The van der Waals surface area contributed by atoms with E-state index in [1.54, 1.807) is 7.11 Å². The number of methoxy groups -OCH3 is 1. The van der Waals surface area contributed by atoms with E-state index in [0.717, 1.165) is 11.3 Å². The molecule has 5 heteroatoms. The van der Waals surface area contributed by atoms with E-state index in [2.05, 4.69) is 15.5 Å². The van der Waals surface area contributed by atoms with Gasteiger partial charge in [-0.1, -0.05) is 17.3 Å². The third-order valence-corrected chi connectivity index (χ3v) is 2.93. The minimum atomic E-state index is 0.500. The number of aromatic nitrogens is 2. The Labute approximate surface area is 105 Å². The highest BCUT2D eigenvalue weighted by atomic mass is 16.5. The Kier molecular flexibility index (Phi) is 2.98. The van der Waals surface area contributed by atoms with Crippen LogP contribution < -0.4 is 10.1 Å². The molecule has 18 heavy (non-hydrogen) atoms. The van der Waals surface area contributed by atoms with Crippen LogP contribution in [0.25, 0.3) is 11.5 Å². The highest BCUT2D eigenvalue weighted by Gasteiger charge is 2.21. The summed E-state index contributed by atoms with van der Waals surface area (Å²) >= 11 is 0. The molecule has 94 valence electrons. The second-order valence-electron chi connectivity index (χ2n) is 4.37. The lowest BCUT2D eigenvalue weighted by Gasteiger charge is -2.02. The van der Waals surface area contributed by atoms with Crippen LogP contribution in [0.5, 0.6) is 5.75 Å². The number of ether oxygens (including phenoxy) is 1. The maximum Gasteiger partial charge on any atom is 0.261 e. The molecule has 1 heterocycles. The summed E-state index contributed by atoms with van der Waals surface area (Å²) < 4.78 is 10.5. The van der Waals surface area contributed by atoms with Crippen molar-refractivity contribution in [2.24, 2.45) is 0 Å². The van der Waals surface area contributed by atoms with E-state index in [0.29, 0.717) is 24.3 Å². The van der Waals surface area contributed by atoms with Gasteiger partial charge in [-0.25, -0.2) is 0 Å². The SMILES string of the molecule is COc1ccccc1-c1nc(CNC2CC2)no1. The molecule has 0 spiro atoms. The molecule has 3 rings (SSSR count). The quantitative estimate of drug-likeness (QED) is 0.873. The predicted octanol–water partition coefficient (Wildman–Crippen LogP) is 2.00. The van der Waals surface area contributed by atoms with Gasteiger partial charge in [-0.15, -0.1) is 0 Å². The molecule has 0 saturated heterocycles. The normalized spacial score (nSPS) is 14.7. The summed E-state index contributed by atoms with van der Waals surface area (Å²) in [5.74, 6) is 1.92. The van der Waals surface area contributed by atoms with Crippen LogP contribution in [0.15, 0.2) is 28.8 Å². The summed E-state index contributed by atoms with van der Waals surface area (Å²) in [5, 5.41) is 7.31. The van der Waals surface area contributed by atoms with Gasteiger partial charge in [0.05, 0.1) is 19.2 Å². The summed E-state index contributed by atoms with van der Waals surface area (Å²) in [5.41, 5.74) is 0.824. The Morgan fingerprint density at radius 1 is 1.39 bits per heavy atom. The number of rotatable bonds is 5. The molecule has 1 aliphatic rings. The second kappa shape index (κ2) is 4.78. The molecule has 0 bridgehead atoms. The average molecular weight is 245 g/mol. The number of nitrogens with one attached hydrogen (secondary N) is 1. The van der Waals surface area contributed by atoms with E-state index in [1.807, 2.05) is 24.3 Å². The predicted molar refractivity (Wildman–Crippen MR) is 66.1 cm³/mol. The van der Waals surface area contributed by atoms with Gasteiger partial charge in [-0.05, 0) is 25.0 Å². The van der Waals surface area contributed by atoms with Gasteiger partial charge >= 0.3 is 0 Å².